The second-order valence-corrected chi connectivity index (χ2v) is 10.7. The summed E-state index contributed by atoms with van der Waals surface area (Å²) in [5.74, 6) is 2.12. The van der Waals surface area contributed by atoms with E-state index in [9.17, 15) is 30.2 Å². The van der Waals surface area contributed by atoms with E-state index in [1.54, 1.807) is 0 Å². The summed E-state index contributed by atoms with van der Waals surface area (Å²) >= 11 is 0. The Hall–Kier alpha value is -0.320. The molecule has 4 saturated carbocycles. The quantitative estimate of drug-likeness (QED) is 0.422. The number of halogens is 2. The highest BCUT2D eigenvalue weighted by atomic mass is 32.3. The molecule has 10 heteroatoms. The van der Waals surface area contributed by atoms with Gasteiger partial charge in [0.05, 0.1) is 6.10 Å². The van der Waals surface area contributed by atoms with Crippen molar-refractivity contribution in [3.63, 3.8) is 0 Å². The normalized spacial score (nSPS) is 45.6. The third-order valence-electron chi connectivity index (χ3n) is 6.51. The van der Waals surface area contributed by atoms with Crippen LogP contribution in [0.5, 0.6) is 0 Å². The van der Waals surface area contributed by atoms with E-state index in [0.717, 1.165) is 19.3 Å². The fourth-order valence-electron chi connectivity index (χ4n) is 5.96. The smallest absolute Gasteiger partial charge is 0.459 e. The van der Waals surface area contributed by atoms with Crippen molar-refractivity contribution in [1.29, 1.82) is 0 Å². The molecule has 0 N–H and O–H groups in total. The van der Waals surface area contributed by atoms with Crippen LogP contribution < -0.4 is 0 Å². The molecule has 0 radical (unpaired) electrons. The molecule has 4 fully saturated rings. The fourth-order valence-corrected chi connectivity index (χ4v) is 7.74. The summed E-state index contributed by atoms with van der Waals surface area (Å²) < 4.78 is 80.9. The molecule has 0 aliphatic heterocycles. The van der Waals surface area contributed by atoms with Gasteiger partial charge in [-0.05, 0) is 67.6 Å². The molecular formula is C13H17F2O6S2-. The highest BCUT2D eigenvalue weighted by Gasteiger charge is 2.64. The van der Waals surface area contributed by atoms with Gasteiger partial charge in [0.2, 0.25) is 0 Å². The van der Waals surface area contributed by atoms with Crippen molar-refractivity contribution < 1.29 is 34.4 Å². The zero-order valence-corrected chi connectivity index (χ0v) is 13.7. The van der Waals surface area contributed by atoms with Crippen LogP contribution in [0.15, 0.2) is 0 Å². The predicted octanol–water partition coefficient (Wildman–Crippen LogP) is 1.50. The molecule has 23 heavy (non-hydrogen) atoms. The van der Waals surface area contributed by atoms with E-state index in [0.29, 0.717) is 30.1 Å². The van der Waals surface area contributed by atoms with Crippen molar-refractivity contribution >= 4 is 20.2 Å². The van der Waals surface area contributed by atoms with Crippen LogP contribution in [-0.4, -0.2) is 32.1 Å². The monoisotopic (exact) mass is 371 g/mol. The maximum Gasteiger partial charge on any atom is 0.459 e. The minimum Gasteiger partial charge on any atom is -0.742 e. The molecule has 4 bridgehead atoms. The van der Waals surface area contributed by atoms with Crippen molar-refractivity contribution in [2.75, 3.05) is 0 Å². The second kappa shape index (κ2) is 4.64. The minimum absolute atomic E-state index is 0.125. The largest absolute Gasteiger partial charge is 0.742 e. The van der Waals surface area contributed by atoms with Gasteiger partial charge in [-0.1, -0.05) is 0 Å². The number of fused-ring (bicyclic) bond motifs is 9. The van der Waals surface area contributed by atoms with Crippen molar-refractivity contribution in [2.24, 2.45) is 35.5 Å². The lowest BCUT2D eigenvalue weighted by atomic mass is 9.70. The van der Waals surface area contributed by atoms with Crippen molar-refractivity contribution in [3.8, 4) is 0 Å². The average Bonchev–Trinajstić information content (AvgIpc) is 3.14. The molecule has 0 saturated heterocycles. The number of rotatable bonds is 4. The maximum absolute atomic E-state index is 13.4. The predicted molar refractivity (Wildman–Crippen MR) is 72.5 cm³/mol. The molecule has 0 aromatic rings. The maximum atomic E-state index is 13.4. The summed E-state index contributed by atoms with van der Waals surface area (Å²) in [4.78, 5) is 0. The topological polar surface area (TPSA) is 101 Å². The Kier molecular flexibility index (Phi) is 3.26. The van der Waals surface area contributed by atoms with Crippen molar-refractivity contribution in [1.82, 2.24) is 0 Å². The Morgan fingerprint density at radius 2 is 1.52 bits per heavy atom. The molecule has 0 spiro atoms. The second-order valence-electron chi connectivity index (χ2n) is 7.39. The first-order valence-corrected chi connectivity index (χ1v) is 10.6. The van der Waals surface area contributed by atoms with Gasteiger partial charge in [0.15, 0.2) is 10.1 Å². The molecule has 0 amide bonds. The molecular weight excluding hydrogens is 354 g/mol. The van der Waals surface area contributed by atoms with E-state index in [-0.39, 0.29) is 11.8 Å². The van der Waals surface area contributed by atoms with Gasteiger partial charge in [-0.25, -0.2) is 8.42 Å². The minimum atomic E-state index is -6.34. The molecule has 6 nitrogen and oxygen atoms in total. The summed E-state index contributed by atoms with van der Waals surface area (Å²) in [6.45, 7) is 0. The van der Waals surface area contributed by atoms with Gasteiger partial charge in [-0.3, -0.25) is 4.18 Å². The molecule has 132 valence electrons. The van der Waals surface area contributed by atoms with Crippen LogP contribution in [0.1, 0.15) is 32.1 Å². The van der Waals surface area contributed by atoms with Crippen LogP contribution in [0.2, 0.25) is 0 Å². The van der Waals surface area contributed by atoms with Gasteiger partial charge < -0.3 is 4.55 Å². The van der Waals surface area contributed by atoms with E-state index in [2.05, 4.69) is 4.18 Å². The lowest BCUT2D eigenvalue weighted by Gasteiger charge is -2.38. The summed E-state index contributed by atoms with van der Waals surface area (Å²) in [7, 11) is -12.1. The van der Waals surface area contributed by atoms with Crippen molar-refractivity contribution in [2.45, 2.75) is 42.8 Å². The van der Waals surface area contributed by atoms with E-state index in [1.807, 2.05) is 0 Å². The molecule has 4 rings (SSSR count). The van der Waals surface area contributed by atoms with Gasteiger partial charge in [-0.2, -0.15) is 17.2 Å². The first-order chi connectivity index (χ1) is 10.5. The van der Waals surface area contributed by atoms with Gasteiger partial charge in [0, 0.05) is 0 Å². The first-order valence-electron chi connectivity index (χ1n) is 7.79. The van der Waals surface area contributed by atoms with Crippen LogP contribution in [0, 0.1) is 35.5 Å². The van der Waals surface area contributed by atoms with Gasteiger partial charge in [0.1, 0.15) is 0 Å². The van der Waals surface area contributed by atoms with Crippen LogP contribution >= 0.6 is 0 Å². The summed E-state index contributed by atoms with van der Waals surface area (Å²) in [5, 5.41) is 0. The first kappa shape index (κ1) is 16.2. The molecule has 0 heterocycles. The third-order valence-corrected chi connectivity index (χ3v) is 9.39. The Balaban J connectivity index is 1.56. The number of hydrogen-bond acceptors (Lipinski definition) is 6. The molecule has 4 aliphatic carbocycles. The third kappa shape index (κ3) is 2.07. The van der Waals surface area contributed by atoms with Gasteiger partial charge >= 0.3 is 14.7 Å². The van der Waals surface area contributed by atoms with E-state index >= 15 is 0 Å². The highest BCUT2D eigenvalue weighted by molar-refractivity contribution is 8.05. The van der Waals surface area contributed by atoms with E-state index < -0.39 is 30.9 Å². The van der Waals surface area contributed by atoms with Crippen LogP contribution in [0.4, 0.5) is 8.78 Å². The zero-order valence-electron chi connectivity index (χ0n) is 12.1. The van der Waals surface area contributed by atoms with Crippen LogP contribution in [0.3, 0.4) is 0 Å². The lowest BCUT2D eigenvalue weighted by Crippen LogP contribution is -2.43. The fraction of sp³-hybridized carbons (Fsp3) is 1.00. The standard InChI is InChI=1S/C13H18F2O6S2/c14-13(15,22(16,17)18)23(19,20)21-10-5-8-4-9(10)12-7-2-1-6(3-7)11(8)12/h6-12H,1-5H2,(H,16,17,18)/p-1. The Labute approximate surface area is 133 Å². The van der Waals surface area contributed by atoms with Gasteiger partial charge in [-0.15, -0.1) is 0 Å². The number of hydrogen-bond donors (Lipinski definition) is 0. The average molecular weight is 371 g/mol. The number of alkyl halides is 2. The summed E-state index contributed by atoms with van der Waals surface area (Å²) in [6, 6.07) is 0. The SMILES string of the molecule is O=S(=O)([O-])C(F)(F)S(=O)(=O)OC1CC2CC1C1C3CCC(C3)C21. The van der Waals surface area contributed by atoms with E-state index in [4.69, 9.17) is 0 Å². The zero-order chi connectivity index (χ0) is 16.8. The Bertz CT molecular complexity index is 734. The van der Waals surface area contributed by atoms with Crippen molar-refractivity contribution in [3.05, 3.63) is 0 Å². The molecule has 0 aromatic carbocycles. The summed E-state index contributed by atoms with van der Waals surface area (Å²) in [6.07, 6.45) is 3.55. The molecule has 7 atom stereocenters. The Morgan fingerprint density at radius 1 is 0.913 bits per heavy atom. The highest BCUT2D eigenvalue weighted by Crippen LogP contribution is 2.68. The summed E-state index contributed by atoms with van der Waals surface area (Å²) in [5.41, 5.74) is 0. The molecule has 7 unspecified atom stereocenters. The van der Waals surface area contributed by atoms with E-state index in [1.165, 1.54) is 6.42 Å². The lowest BCUT2D eigenvalue weighted by molar-refractivity contribution is 0.0372. The van der Waals surface area contributed by atoms with Gasteiger partial charge in [0.25, 0.3) is 0 Å². The van der Waals surface area contributed by atoms with Crippen LogP contribution in [-0.2, 0) is 24.4 Å². The molecule has 0 aromatic heterocycles. The Morgan fingerprint density at radius 3 is 2.13 bits per heavy atom. The molecule has 4 aliphatic rings. The van der Waals surface area contributed by atoms with Crippen LogP contribution in [0.25, 0.3) is 0 Å².